The first-order valence-corrected chi connectivity index (χ1v) is 26.4. The van der Waals surface area contributed by atoms with Crippen LogP contribution in [0.5, 0.6) is 0 Å². The van der Waals surface area contributed by atoms with Crippen molar-refractivity contribution in [3.05, 3.63) is 85.1 Å². The number of aliphatic hydroxyl groups excluding tert-OH is 5. The highest BCUT2D eigenvalue weighted by Gasteiger charge is 2.51. The summed E-state index contributed by atoms with van der Waals surface area (Å²) < 4.78 is 34.2. The van der Waals surface area contributed by atoms with E-state index in [9.17, 15) is 39.8 Å². The van der Waals surface area contributed by atoms with Crippen LogP contribution in [0.2, 0.25) is 0 Å². The van der Waals surface area contributed by atoms with Gasteiger partial charge in [0.15, 0.2) is 0 Å². The summed E-state index contributed by atoms with van der Waals surface area (Å²) in [4.78, 5) is 23.2. The van der Waals surface area contributed by atoms with Gasteiger partial charge in [-0.15, -0.1) is 0 Å². The molecule has 12 nitrogen and oxygen atoms in total. The predicted molar refractivity (Wildman–Crippen MR) is 262 cm³/mol. The molecule has 13 heteroatoms. The maximum Gasteiger partial charge on any atom is 0.472 e. The highest BCUT2D eigenvalue weighted by Crippen LogP contribution is 2.47. The third-order valence-electron chi connectivity index (χ3n) is 11.0. The third kappa shape index (κ3) is 33.6. The van der Waals surface area contributed by atoms with E-state index in [2.05, 4.69) is 98.9 Å². The summed E-state index contributed by atoms with van der Waals surface area (Å²) in [5, 5.41) is 50.3. The van der Waals surface area contributed by atoms with E-state index in [1.807, 2.05) is 0 Å². The van der Waals surface area contributed by atoms with E-state index in [1.54, 1.807) is 0 Å². The Morgan fingerprint density at radius 2 is 0.908 bits per heavy atom. The van der Waals surface area contributed by atoms with Crippen LogP contribution in [0.25, 0.3) is 0 Å². The normalized spacial score (nSPS) is 22.3. The number of phosphoric acid groups is 1. The maximum atomic E-state index is 12.8. The zero-order valence-electron chi connectivity index (χ0n) is 40.0. The zero-order valence-corrected chi connectivity index (χ0v) is 40.9. The molecule has 0 radical (unpaired) electrons. The van der Waals surface area contributed by atoms with Gasteiger partial charge >= 0.3 is 13.8 Å². The number of rotatable bonds is 41. The second kappa shape index (κ2) is 41.7. The second-order valence-corrected chi connectivity index (χ2v) is 18.3. The molecular formula is C52H89O12P. The number of hydrogen-bond donors (Lipinski definition) is 6. The van der Waals surface area contributed by atoms with E-state index >= 15 is 0 Å². The van der Waals surface area contributed by atoms with Crippen molar-refractivity contribution in [3.8, 4) is 0 Å². The quantitative estimate of drug-likeness (QED) is 0.0147. The molecule has 1 saturated carbocycles. The van der Waals surface area contributed by atoms with E-state index in [-0.39, 0.29) is 13.0 Å². The fourth-order valence-electron chi connectivity index (χ4n) is 7.06. The smallest absolute Gasteiger partial charge is 0.457 e. The molecule has 6 N–H and O–H groups in total. The lowest BCUT2D eigenvalue weighted by Gasteiger charge is -2.41. The summed E-state index contributed by atoms with van der Waals surface area (Å²) in [6.07, 6.45) is 43.5. The second-order valence-electron chi connectivity index (χ2n) is 16.9. The van der Waals surface area contributed by atoms with Crippen LogP contribution in [0.15, 0.2) is 85.1 Å². The number of hydrogen-bond acceptors (Lipinski definition) is 11. The van der Waals surface area contributed by atoms with Gasteiger partial charge in [0, 0.05) is 13.0 Å². The molecule has 1 aliphatic rings. The highest BCUT2D eigenvalue weighted by molar-refractivity contribution is 7.47. The van der Waals surface area contributed by atoms with Gasteiger partial charge in [0.05, 0.1) is 13.2 Å². The Labute approximate surface area is 392 Å². The van der Waals surface area contributed by atoms with Gasteiger partial charge in [-0.3, -0.25) is 13.8 Å². The number of carbonyl (C=O) groups is 1. The van der Waals surface area contributed by atoms with Gasteiger partial charge in [0.2, 0.25) is 0 Å². The molecule has 65 heavy (non-hydrogen) atoms. The van der Waals surface area contributed by atoms with Crippen LogP contribution in [0.1, 0.15) is 174 Å². The summed E-state index contributed by atoms with van der Waals surface area (Å²) in [6.45, 7) is 4.08. The number of ether oxygens (including phenoxy) is 2. The van der Waals surface area contributed by atoms with E-state index in [0.717, 1.165) is 116 Å². The average molecular weight is 937 g/mol. The van der Waals surface area contributed by atoms with Crippen molar-refractivity contribution in [3.63, 3.8) is 0 Å². The van der Waals surface area contributed by atoms with Crippen molar-refractivity contribution in [1.29, 1.82) is 0 Å². The van der Waals surface area contributed by atoms with Crippen molar-refractivity contribution < 1.29 is 58.3 Å². The average Bonchev–Trinajstić information content (AvgIpc) is 3.29. The topological polar surface area (TPSA) is 192 Å². The number of aliphatic hydroxyl groups is 5. The number of unbranched alkanes of at least 4 members (excludes halogenated alkanes) is 15. The molecule has 6 atom stereocenters. The van der Waals surface area contributed by atoms with Crippen molar-refractivity contribution >= 4 is 13.8 Å². The first kappa shape index (κ1) is 60.5. The fraction of sp³-hybridized carbons (Fsp3) is 0.712. The number of phosphoric ester groups is 1. The van der Waals surface area contributed by atoms with Gasteiger partial charge in [-0.2, -0.15) is 0 Å². The molecule has 0 heterocycles. The Hall–Kier alpha value is -2.48. The van der Waals surface area contributed by atoms with Crippen molar-refractivity contribution in [2.45, 2.75) is 217 Å². The number of allylic oxidation sites excluding steroid dienone is 14. The molecule has 0 aromatic rings. The van der Waals surface area contributed by atoms with Crippen LogP contribution in [-0.4, -0.2) is 98.9 Å². The SMILES string of the molecule is CC/C=C\C/C=C\C/C=C\C/C=C\C/C=C\CCCCCCCC(=O)OC(COCCCCCCCC/C=C\C/C=C\CCCCCC)COP(=O)(O)OC1C(O)C(O)C(O)C(O)C1O. The third-order valence-corrected chi connectivity index (χ3v) is 12.0. The van der Waals surface area contributed by atoms with Crippen LogP contribution in [0.3, 0.4) is 0 Å². The maximum absolute atomic E-state index is 12.8. The summed E-state index contributed by atoms with van der Waals surface area (Å²) >= 11 is 0. The van der Waals surface area contributed by atoms with Gasteiger partial charge in [-0.1, -0.05) is 163 Å². The summed E-state index contributed by atoms with van der Waals surface area (Å²) in [5.41, 5.74) is 0. The van der Waals surface area contributed by atoms with Crippen LogP contribution < -0.4 is 0 Å². The van der Waals surface area contributed by atoms with Crippen LogP contribution in [0, 0.1) is 0 Å². The highest BCUT2D eigenvalue weighted by atomic mass is 31.2. The Morgan fingerprint density at radius 1 is 0.508 bits per heavy atom. The van der Waals surface area contributed by atoms with E-state index < -0.39 is 63.1 Å². The monoisotopic (exact) mass is 937 g/mol. The van der Waals surface area contributed by atoms with Gasteiger partial charge in [-0.05, 0) is 89.9 Å². The molecule has 1 fully saturated rings. The van der Waals surface area contributed by atoms with Crippen molar-refractivity contribution in [2.75, 3.05) is 19.8 Å². The Balaban J connectivity index is 2.40. The molecule has 0 aromatic heterocycles. The Kier molecular flexibility index (Phi) is 38.8. The molecule has 1 aliphatic carbocycles. The minimum absolute atomic E-state index is 0.0970. The lowest BCUT2D eigenvalue weighted by molar-refractivity contribution is -0.220. The zero-order chi connectivity index (χ0) is 47.6. The molecule has 0 saturated heterocycles. The molecule has 0 aliphatic heterocycles. The summed E-state index contributed by atoms with van der Waals surface area (Å²) in [7, 11) is -5.04. The molecule has 0 aromatic carbocycles. The van der Waals surface area contributed by atoms with Gasteiger partial charge < -0.3 is 39.9 Å². The lowest BCUT2D eigenvalue weighted by Crippen LogP contribution is -2.64. The van der Waals surface area contributed by atoms with Crippen molar-refractivity contribution in [2.24, 2.45) is 0 Å². The summed E-state index contributed by atoms with van der Waals surface area (Å²) in [6, 6.07) is 0. The molecule has 0 spiro atoms. The van der Waals surface area contributed by atoms with Gasteiger partial charge in [0.25, 0.3) is 0 Å². The predicted octanol–water partition coefficient (Wildman–Crippen LogP) is 10.9. The first-order valence-electron chi connectivity index (χ1n) is 24.9. The Morgan fingerprint density at radius 3 is 1.38 bits per heavy atom. The lowest BCUT2D eigenvalue weighted by atomic mass is 9.85. The van der Waals surface area contributed by atoms with E-state index in [4.69, 9.17) is 18.5 Å². The van der Waals surface area contributed by atoms with Gasteiger partial charge in [0.1, 0.15) is 42.7 Å². The molecule has 0 amide bonds. The number of esters is 1. The largest absolute Gasteiger partial charge is 0.472 e. The van der Waals surface area contributed by atoms with E-state index in [0.29, 0.717) is 13.0 Å². The first-order chi connectivity index (χ1) is 31.5. The minimum Gasteiger partial charge on any atom is -0.457 e. The molecule has 0 bridgehead atoms. The molecule has 1 rings (SSSR count). The standard InChI is InChI=1S/C52H89O12P/c1-3-5-7-9-11-13-15-17-19-21-22-23-24-25-27-29-31-33-35-37-39-41-46(53)63-45(44-62-65(59,60)64-52-50(57)48(55)47(54)49(56)51(52)58)43-61-42-40-38-36-34-32-30-28-26-20-18-16-14-12-10-8-6-4-2/h5,7,11,13-14,16-17,19-20,22-23,25-27,45,47-52,54-58H,3-4,6,8-10,12,15,18,21,24,28-44H2,1-2H3,(H,59,60)/b7-5-,13-11-,16-14-,19-17-,23-22-,26-20-,27-25-. The molecular weight excluding hydrogens is 848 g/mol. The van der Waals surface area contributed by atoms with Gasteiger partial charge in [-0.25, -0.2) is 4.57 Å². The number of carbonyl (C=O) groups excluding carboxylic acids is 1. The Bertz CT molecular complexity index is 1390. The summed E-state index contributed by atoms with van der Waals surface area (Å²) in [5.74, 6) is -0.503. The van der Waals surface area contributed by atoms with E-state index in [1.165, 1.54) is 32.1 Å². The molecule has 6 unspecified atom stereocenters. The van der Waals surface area contributed by atoms with Crippen LogP contribution in [-0.2, 0) is 27.9 Å². The van der Waals surface area contributed by atoms with Crippen molar-refractivity contribution in [1.82, 2.24) is 0 Å². The van der Waals surface area contributed by atoms with Crippen LogP contribution in [0.4, 0.5) is 0 Å². The fourth-order valence-corrected chi connectivity index (χ4v) is 8.03. The molecule has 374 valence electrons. The van der Waals surface area contributed by atoms with Crippen LogP contribution >= 0.6 is 7.82 Å². The minimum atomic E-state index is -5.04.